The largest absolute Gasteiger partial charge is 0.457 e. The summed E-state index contributed by atoms with van der Waals surface area (Å²) in [5, 5.41) is 26.9. The molecule has 0 bridgehead atoms. The van der Waals surface area contributed by atoms with E-state index in [1.807, 2.05) is 24.0 Å². The van der Waals surface area contributed by atoms with Gasteiger partial charge >= 0.3 is 0 Å². The van der Waals surface area contributed by atoms with Crippen LogP contribution in [0.5, 0.6) is 0 Å². The number of aliphatic hydroxyl groups is 2. The summed E-state index contributed by atoms with van der Waals surface area (Å²) >= 11 is 0. The van der Waals surface area contributed by atoms with Crippen molar-refractivity contribution in [1.29, 1.82) is 0 Å². The first-order valence-corrected chi connectivity index (χ1v) is 11.3. The zero-order valence-corrected chi connectivity index (χ0v) is 20.0. The second-order valence-electron chi connectivity index (χ2n) is 8.29. The van der Waals surface area contributed by atoms with Gasteiger partial charge in [-0.05, 0) is 34.4 Å². The van der Waals surface area contributed by atoms with Crippen molar-refractivity contribution in [1.82, 2.24) is 10.6 Å². The predicted molar refractivity (Wildman–Crippen MR) is 137 cm³/mol. The molecule has 0 saturated carbocycles. The molecule has 0 aliphatic heterocycles. The number of carbonyl (C=O) groups excluding carboxylic acids is 2. The molecular formula is C28H28N4O5. The molecule has 190 valence electrons. The van der Waals surface area contributed by atoms with Crippen LogP contribution in [0.15, 0.2) is 65.1 Å². The standard InChI is InChI=1S/C28H28N4O5/c1-3-27(35,25(33)31-17-21-9-5-7-19(13-21)15-29)23-11-12-24(37-23)28(36,4-2)26(34)32-18-22-10-6-8-20(14-22)16-30/h1-2,5-14,35-36H,15-18,29-30H2,(H,31,33)(H,32,34). The topological polar surface area (TPSA) is 164 Å². The zero-order chi connectivity index (χ0) is 27.1. The average Bonchev–Trinajstić information content (AvgIpc) is 3.45. The number of hydrogen-bond donors (Lipinski definition) is 6. The lowest BCUT2D eigenvalue weighted by Crippen LogP contribution is -2.44. The average molecular weight is 501 g/mol. The van der Waals surface area contributed by atoms with Gasteiger partial charge in [-0.25, -0.2) is 0 Å². The Morgan fingerprint density at radius 3 is 1.49 bits per heavy atom. The number of amides is 2. The second-order valence-corrected chi connectivity index (χ2v) is 8.29. The van der Waals surface area contributed by atoms with Gasteiger partial charge in [-0.2, -0.15) is 0 Å². The summed E-state index contributed by atoms with van der Waals surface area (Å²) in [7, 11) is 0. The molecule has 3 aromatic rings. The van der Waals surface area contributed by atoms with E-state index >= 15 is 0 Å². The molecule has 1 heterocycles. The maximum Gasteiger partial charge on any atom is 0.273 e. The number of hydrogen-bond acceptors (Lipinski definition) is 7. The number of rotatable bonds is 10. The second kappa shape index (κ2) is 11.6. The van der Waals surface area contributed by atoms with Gasteiger partial charge in [0.15, 0.2) is 11.5 Å². The zero-order valence-electron chi connectivity index (χ0n) is 20.0. The summed E-state index contributed by atoms with van der Waals surface area (Å²) in [5.74, 6) is 1.35. The van der Waals surface area contributed by atoms with E-state index in [1.54, 1.807) is 36.4 Å². The lowest BCUT2D eigenvalue weighted by Gasteiger charge is -2.21. The van der Waals surface area contributed by atoms with E-state index in [1.165, 1.54) is 12.1 Å². The van der Waals surface area contributed by atoms with Crippen LogP contribution in [-0.2, 0) is 47.0 Å². The van der Waals surface area contributed by atoms with Gasteiger partial charge in [0.1, 0.15) is 0 Å². The highest BCUT2D eigenvalue weighted by molar-refractivity contribution is 5.90. The molecule has 9 nitrogen and oxygen atoms in total. The fraction of sp³-hybridized carbons (Fsp3) is 0.214. The Bertz CT molecular complexity index is 1270. The Kier molecular flexibility index (Phi) is 8.51. The summed E-state index contributed by atoms with van der Waals surface area (Å²) in [4.78, 5) is 25.6. The molecular weight excluding hydrogens is 472 g/mol. The van der Waals surface area contributed by atoms with E-state index in [9.17, 15) is 19.8 Å². The van der Waals surface area contributed by atoms with Gasteiger partial charge in [0.05, 0.1) is 0 Å². The van der Waals surface area contributed by atoms with Crippen molar-refractivity contribution < 1.29 is 24.2 Å². The molecule has 0 fully saturated rings. The molecule has 37 heavy (non-hydrogen) atoms. The van der Waals surface area contributed by atoms with Crippen molar-refractivity contribution >= 4 is 11.8 Å². The van der Waals surface area contributed by atoms with Crippen LogP contribution in [0, 0.1) is 24.7 Å². The van der Waals surface area contributed by atoms with E-state index in [-0.39, 0.29) is 13.1 Å². The Labute approximate surface area is 214 Å². The lowest BCUT2D eigenvalue weighted by molar-refractivity contribution is -0.138. The van der Waals surface area contributed by atoms with E-state index < -0.39 is 34.5 Å². The van der Waals surface area contributed by atoms with Crippen molar-refractivity contribution in [3.63, 3.8) is 0 Å². The maximum atomic E-state index is 12.8. The maximum absolute atomic E-state index is 12.8. The number of terminal acetylenes is 2. The third-order valence-electron chi connectivity index (χ3n) is 5.75. The highest BCUT2D eigenvalue weighted by Crippen LogP contribution is 2.29. The van der Waals surface area contributed by atoms with E-state index in [2.05, 4.69) is 10.6 Å². The molecule has 0 aliphatic rings. The van der Waals surface area contributed by atoms with Crippen LogP contribution in [0.1, 0.15) is 33.8 Å². The SMILES string of the molecule is C#CC(O)(C(=O)NCc1cccc(CN)c1)c1ccc(C(O)(C#C)C(=O)NCc2cccc(CN)c2)o1. The van der Waals surface area contributed by atoms with Gasteiger partial charge < -0.3 is 36.7 Å². The number of nitrogens with two attached hydrogens (primary N) is 2. The quantitative estimate of drug-likeness (QED) is 0.220. The normalized spacial score (nSPS) is 13.9. The minimum Gasteiger partial charge on any atom is -0.457 e. The fourth-order valence-electron chi connectivity index (χ4n) is 3.58. The third kappa shape index (κ3) is 5.89. The summed E-state index contributed by atoms with van der Waals surface area (Å²) in [6, 6.07) is 16.8. The molecule has 0 radical (unpaired) electrons. The number of carbonyl (C=O) groups is 2. The van der Waals surface area contributed by atoms with Crippen LogP contribution >= 0.6 is 0 Å². The third-order valence-corrected chi connectivity index (χ3v) is 5.75. The first-order chi connectivity index (χ1) is 17.7. The smallest absolute Gasteiger partial charge is 0.273 e. The Morgan fingerprint density at radius 2 is 1.14 bits per heavy atom. The molecule has 0 aliphatic carbocycles. The molecule has 2 unspecified atom stereocenters. The first-order valence-electron chi connectivity index (χ1n) is 11.3. The molecule has 2 amide bonds. The van der Waals surface area contributed by atoms with Gasteiger partial charge in [0, 0.05) is 26.2 Å². The molecule has 0 spiro atoms. The molecule has 2 aromatic carbocycles. The van der Waals surface area contributed by atoms with Crippen molar-refractivity contribution in [2.24, 2.45) is 11.5 Å². The molecule has 8 N–H and O–H groups in total. The molecule has 0 saturated heterocycles. The lowest BCUT2D eigenvalue weighted by atomic mass is 10.00. The Hall–Kier alpha value is -4.38. The van der Waals surface area contributed by atoms with Crippen LogP contribution in [0.3, 0.4) is 0 Å². The Morgan fingerprint density at radius 1 is 0.757 bits per heavy atom. The van der Waals surface area contributed by atoms with Crippen molar-refractivity contribution in [2.45, 2.75) is 37.4 Å². The summed E-state index contributed by atoms with van der Waals surface area (Å²) in [5.41, 5.74) is 9.44. The fourth-order valence-corrected chi connectivity index (χ4v) is 3.58. The summed E-state index contributed by atoms with van der Waals surface area (Å²) in [6.45, 7) is 0.784. The highest BCUT2D eigenvalue weighted by Gasteiger charge is 2.44. The number of nitrogens with one attached hydrogen (secondary N) is 2. The molecule has 2 atom stereocenters. The Balaban J connectivity index is 1.75. The molecule has 3 rings (SSSR count). The molecule has 1 aromatic heterocycles. The van der Waals surface area contributed by atoms with Crippen LogP contribution in [0.4, 0.5) is 0 Å². The first kappa shape index (κ1) is 27.2. The van der Waals surface area contributed by atoms with Crippen LogP contribution in [0.2, 0.25) is 0 Å². The minimum atomic E-state index is -2.53. The predicted octanol–water partition coefficient (Wildman–Crippen LogP) is 0.471. The van der Waals surface area contributed by atoms with Gasteiger partial charge in [0.25, 0.3) is 23.0 Å². The summed E-state index contributed by atoms with van der Waals surface area (Å²) in [6.07, 6.45) is 10.9. The van der Waals surface area contributed by atoms with E-state index in [4.69, 9.17) is 28.7 Å². The van der Waals surface area contributed by atoms with Gasteiger partial charge in [-0.1, -0.05) is 60.4 Å². The monoisotopic (exact) mass is 500 g/mol. The van der Waals surface area contributed by atoms with E-state index in [0.717, 1.165) is 22.3 Å². The van der Waals surface area contributed by atoms with Crippen LogP contribution in [-0.4, -0.2) is 22.0 Å². The van der Waals surface area contributed by atoms with Gasteiger partial charge in [-0.15, -0.1) is 12.8 Å². The van der Waals surface area contributed by atoms with E-state index in [0.29, 0.717) is 13.1 Å². The van der Waals surface area contributed by atoms with Crippen LogP contribution in [0.25, 0.3) is 0 Å². The highest BCUT2D eigenvalue weighted by atomic mass is 16.4. The van der Waals surface area contributed by atoms with Gasteiger partial charge in [0.2, 0.25) is 0 Å². The minimum absolute atomic E-state index is 0.0618. The van der Waals surface area contributed by atoms with Crippen molar-refractivity contribution in [3.8, 4) is 24.7 Å². The van der Waals surface area contributed by atoms with Crippen molar-refractivity contribution in [2.75, 3.05) is 0 Å². The van der Waals surface area contributed by atoms with Crippen molar-refractivity contribution in [3.05, 3.63) is 94.4 Å². The van der Waals surface area contributed by atoms with Gasteiger partial charge in [-0.3, -0.25) is 9.59 Å². The van der Waals surface area contributed by atoms with Crippen LogP contribution < -0.4 is 22.1 Å². The number of furan rings is 1. The molecule has 9 heteroatoms. The number of benzene rings is 2. The summed E-state index contributed by atoms with van der Waals surface area (Å²) < 4.78 is 5.48.